The molecule has 0 spiro atoms. The van der Waals surface area contributed by atoms with Crippen molar-refractivity contribution in [3.8, 4) is 0 Å². The van der Waals surface area contributed by atoms with Gasteiger partial charge in [0.25, 0.3) is 0 Å². The Hall–Kier alpha value is -1.34. The van der Waals surface area contributed by atoms with E-state index in [2.05, 4.69) is 15.5 Å². The van der Waals surface area contributed by atoms with Gasteiger partial charge in [-0.05, 0) is 18.4 Å². The Bertz CT molecular complexity index is 508. The second kappa shape index (κ2) is 11.3. The molecule has 1 heterocycles. The maximum absolute atomic E-state index is 12.2. The lowest BCUT2D eigenvalue weighted by Crippen LogP contribution is -2.48. The summed E-state index contributed by atoms with van der Waals surface area (Å²) in [5.41, 5.74) is 6.81. The minimum atomic E-state index is -0.634. The van der Waals surface area contributed by atoms with Gasteiger partial charge in [-0.2, -0.15) is 0 Å². The number of nitrogens with two attached hydrogens (primary N) is 1. The SMILES string of the molecule is CNC(=O)CN1CCC(NC(=O)C(N)c2ccccc2)CC1.Cl.Cl. The molecule has 0 bridgehead atoms. The van der Waals surface area contributed by atoms with Crippen LogP contribution in [0.25, 0.3) is 0 Å². The van der Waals surface area contributed by atoms with Crippen molar-refractivity contribution in [2.45, 2.75) is 24.9 Å². The van der Waals surface area contributed by atoms with Gasteiger partial charge in [0.1, 0.15) is 6.04 Å². The minimum absolute atomic E-state index is 0. The van der Waals surface area contributed by atoms with Crippen LogP contribution in [-0.2, 0) is 9.59 Å². The summed E-state index contributed by atoms with van der Waals surface area (Å²) in [4.78, 5) is 25.6. The van der Waals surface area contributed by atoms with Gasteiger partial charge in [0.05, 0.1) is 6.54 Å². The van der Waals surface area contributed by atoms with Crippen LogP contribution < -0.4 is 16.4 Å². The number of rotatable bonds is 5. The number of hydrogen-bond donors (Lipinski definition) is 3. The molecule has 6 nitrogen and oxygen atoms in total. The molecule has 1 aliphatic rings. The molecule has 1 unspecified atom stereocenters. The number of carbonyl (C=O) groups is 2. The van der Waals surface area contributed by atoms with Gasteiger partial charge in [-0.1, -0.05) is 30.3 Å². The quantitative estimate of drug-likeness (QED) is 0.710. The predicted octanol–water partition coefficient (Wildman–Crippen LogP) is 0.857. The zero-order valence-electron chi connectivity index (χ0n) is 13.7. The Kier molecular flexibility index (Phi) is 10.6. The summed E-state index contributed by atoms with van der Waals surface area (Å²) in [6.07, 6.45) is 1.68. The van der Waals surface area contributed by atoms with E-state index in [4.69, 9.17) is 5.73 Å². The molecule has 2 rings (SSSR count). The van der Waals surface area contributed by atoms with E-state index in [0.717, 1.165) is 31.5 Å². The lowest BCUT2D eigenvalue weighted by molar-refractivity contribution is -0.124. The molecule has 24 heavy (non-hydrogen) atoms. The van der Waals surface area contributed by atoms with Crippen molar-refractivity contribution in [3.05, 3.63) is 35.9 Å². The first kappa shape index (κ1) is 22.7. The number of piperidine rings is 1. The molecule has 0 aliphatic carbocycles. The number of likely N-dealkylation sites (N-methyl/N-ethyl adjacent to an activating group) is 1. The van der Waals surface area contributed by atoms with E-state index in [0.29, 0.717) is 6.54 Å². The third-order valence-corrected chi connectivity index (χ3v) is 4.02. The zero-order valence-corrected chi connectivity index (χ0v) is 15.4. The lowest BCUT2D eigenvalue weighted by atomic mass is 10.0. The highest BCUT2D eigenvalue weighted by atomic mass is 35.5. The third-order valence-electron chi connectivity index (χ3n) is 4.02. The normalized spacial score (nSPS) is 16.2. The predicted molar refractivity (Wildman–Crippen MR) is 99.5 cm³/mol. The summed E-state index contributed by atoms with van der Waals surface area (Å²) in [6.45, 7) is 2.03. The van der Waals surface area contributed by atoms with Crippen molar-refractivity contribution in [2.75, 3.05) is 26.7 Å². The van der Waals surface area contributed by atoms with Crippen molar-refractivity contribution in [1.82, 2.24) is 15.5 Å². The van der Waals surface area contributed by atoms with E-state index in [1.165, 1.54) is 0 Å². The van der Waals surface area contributed by atoms with Crippen LogP contribution in [0, 0.1) is 0 Å². The van der Waals surface area contributed by atoms with Crippen LogP contribution in [0.15, 0.2) is 30.3 Å². The Morgan fingerprint density at radius 1 is 1.21 bits per heavy atom. The van der Waals surface area contributed by atoms with Crippen LogP contribution in [0.4, 0.5) is 0 Å². The summed E-state index contributed by atoms with van der Waals surface area (Å²) < 4.78 is 0. The van der Waals surface area contributed by atoms with Crippen molar-refractivity contribution in [2.24, 2.45) is 5.73 Å². The van der Waals surface area contributed by atoms with Gasteiger partial charge in [-0.3, -0.25) is 14.5 Å². The smallest absolute Gasteiger partial charge is 0.241 e. The number of carbonyl (C=O) groups excluding carboxylic acids is 2. The summed E-state index contributed by atoms with van der Waals surface area (Å²) in [5, 5.41) is 5.64. The Morgan fingerprint density at radius 3 is 2.33 bits per heavy atom. The Balaban J connectivity index is 0.00000264. The molecule has 8 heteroatoms. The molecule has 1 atom stereocenters. The highest BCUT2D eigenvalue weighted by molar-refractivity contribution is 5.85. The number of likely N-dealkylation sites (tertiary alicyclic amines) is 1. The maximum atomic E-state index is 12.2. The third kappa shape index (κ3) is 6.65. The molecule has 1 saturated heterocycles. The molecule has 1 aromatic rings. The van der Waals surface area contributed by atoms with E-state index in [1.54, 1.807) is 7.05 Å². The minimum Gasteiger partial charge on any atom is -0.358 e. The highest BCUT2D eigenvalue weighted by Crippen LogP contribution is 2.13. The molecule has 4 N–H and O–H groups in total. The van der Waals surface area contributed by atoms with Gasteiger partial charge in [-0.15, -0.1) is 24.8 Å². The lowest BCUT2D eigenvalue weighted by Gasteiger charge is -2.32. The average Bonchev–Trinajstić information content (AvgIpc) is 2.56. The highest BCUT2D eigenvalue weighted by Gasteiger charge is 2.24. The largest absolute Gasteiger partial charge is 0.358 e. The first-order valence-corrected chi connectivity index (χ1v) is 7.64. The fourth-order valence-electron chi connectivity index (χ4n) is 2.62. The van der Waals surface area contributed by atoms with Gasteiger partial charge >= 0.3 is 0 Å². The molecule has 0 aromatic heterocycles. The summed E-state index contributed by atoms with van der Waals surface area (Å²) in [5.74, 6) is -0.121. The van der Waals surface area contributed by atoms with Crippen molar-refractivity contribution in [1.29, 1.82) is 0 Å². The van der Waals surface area contributed by atoms with Crippen LogP contribution in [0.1, 0.15) is 24.4 Å². The van der Waals surface area contributed by atoms with Gasteiger partial charge in [0.15, 0.2) is 0 Å². The summed E-state index contributed by atoms with van der Waals surface area (Å²) in [6, 6.07) is 8.86. The van der Waals surface area contributed by atoms with Gasteiger partial charge in [-0.25, -0.2) is 0 Å². The zero-order chi connectivity index (χ0) is 15.9. The molecule has 2 amide bonds. The van der Waals surface area contributed by atoms with Crippen LogP contribution >= 0.6 is 24.8 Å². The second-order valence-electron chi connectivity index (χ2n) is 5.62. The van der Waals surface area contributed by atoms with Crippen molar-refractivity contribution < 1.29 is 9.59 Å². The number of halogens is 2. The maximum Gasteiger partial charge on any atom is 0.241 e. The first-order valence-electron chi connectivity index (χ1n) is 7.64. The molecular weight excluding hydrogens is 351 g/mol. The monoisotopic (exact) mass is 376 g/mol. The molecule has 1 aromatic carbocycles. The van der Waals surface area contributed by atoms with Gasteiger partial charge in [0.2, 0.25) is 11.8 Å². The fourth-order valence-corrected chi connectivity index (χ4v) is 2.62. The topological polar surface area (TPSA) is 87.5 Å². The average molecular weight is 377 g/mol. The number of nitrogens with one attached hydrogen (secondary N) is 2. The standard InChI is InChI=1S/C16H24N4O2.2ClH/c1-18-14(21)11-20-9-7-13(8-10-20)19-16(22)15(17)12-5-3-2-4-6-12;;/h2-6,13,15H,7-11,17H2,1H3,(H,18,21)(H,19,22);2*1H. The Labute approximate surface area is 155 Å². The van der Waals surface area contributed by atoms with Crippen molar-refractivity contribution >= 4 is 36.6 Å². The Morgan fingerprint density at radius 2 is 1.79 bits per heavy atom. The first-order chi connectivity index (χ1) is 10.6. The van der Waals surface area contributed by atoms with Crippen LogP contribution in [0.5, 0.6) is 0 Å². The number of benzene rings is 1. The molecule has 136 valence electrons. The summed E-state index contributed by atoms with van der Waals surface area (Å²) in [7, 11) is 1.64. The van der Waals surface area contributed by atoms with E-state index in [9.17, 15) is 9.59 Å². The van der Waals surface area contributed by atoms with Crippen molar-refractivity contribution in [3.63, 3.8) is 0 Å². The molecular formula is C16H26Cl2N4O2. The van der Waals surface area contributed by atoms with E-state index < -0.39 is 6.04 Å². The van der Waals surface area contributed by atoms with E-state index in [-0.39, 0.29) is 42.7 Å². The van der Waals surface area contributed by atoms with E-state index >= 15 is 0 Å². The van der Waals surface area contributed by atoms with Crippen LogP contribution in [-0.4, -0.2) is 49.4 Å². The number of amides is 2. The molecule has 1 fully saturated rings. The van der Waals surface area contributed by atoms with E-state index in [1.807, 2.05) is 30.3 Å². The van der Waals surface area contributed by atoms with Crippen LogP contribution in [0.3, 0.4) is 0 Å². The van der Waals surface area contributed by atoms with Gasteiger partial charge < -0.3 is 16.4 Å². The molecule has 0 saturated carbocycles. The number of nitrogens with zero attached hydrogens (tertiary/aromatic N) is 1. The number of hydrogen-bond acceptors (Lipinski definition) is 4. The summed E-state index contributed by atoms with van der Waals surface area (Å²) >= 11 is 0. The van der Waals surface area contributed by atoms with Gasteiger partial charge in [0, 0.05) is 26.2 Å². The second-order valence-corrected chi connectivity index (χ2v) is 5.62. The molecule has 0 radical (unpaired) electrons. The van der Waals surface area contributed by atoms with Crippen LogP contribution in [0.2, 0.25) is 0 Å². The fraction of sp³-hybridized carbons (Fsp3) is 0.500. The molecule has 1 aliphatic heterocycles.